The van der Waals surface area contributed by atoms with Gasteiger partial charge in [-0.15, -0.1) is 0 Å². The van der Waals surface area contributed by atoms with E-state index in [4.69, 9.17) is 5.14 Å². The lowest BCUT2D eigenvalue weighted by atomic mass is 9.98. The van der Waals surface area contributed by atoms with E-state index in [0.29, 0.717) is 5.56 Å². The number of carbonyl (C=O) groups excluding carboxylic acids is 2. The standard InChI is InChI=1S/C21H16N4O6S/c22-32(30,31)16-10-11-18-17(12-16)23-20(26)19(13-4-2-1-3-5-13)24(18)21(27)14-6-8-15(9-7-14)25(28)29/h1-12,19H,(H,23,26)(H2,22,30,31). The zero-order valence-corrected chi connectivity index (χ0v) is 17.2. The quantitative estimate of drug-likeness (QED) is 0.458. The Morgan fingerprint density at radius 2 is 1.69 bits per heavy atom. The van der Waals surface area contributed by atoms with Crippen LogP contribution < -0.4 is 15.4 Å². The SMILES string of the molecule is NS(=O)(=O)c1ccc2c(c1)NC(=O)C(c1ccccc1)N2C(=O)c1ccc([N+](=O)[O-])cc1. The first kappa shape index (κ1) is 21.2. The molecule has 3 aromatic carbocycles. The van der Waals surface area contributed by atoms with E-state index in [0.717, 1.165) is 0 Å². The van der Waals surface area contributed by atoms with Gasteiger partial charge in [0.2, 0.25) is 10.0 Å². The van der Waals surface area contributed by atoms with Crippen LogP contribution in [0.1, 0.15) is 22.0 Å². The fourth-order valence-corrected chi connectivity index (χ4v) is 4.03. The lowest BCUT2D eigenvalue weighted by molar-refractivity contribution is -0.384. The smallest absolute Gasteiger partial charge is 0.269 e. The predicted molar refractivity (Wildman–Crippen MR) is 116 cm³/mol. The Bertz CT molecular complexity index is 1340. The minimum atomic E-state index is -4.04. The van der Waals surface area contributed by atoms with Crippen LogP contribution in [0, 0.1) is 10.1 Å². The highest BCUT2D eigenvalue weighted by atomic mass is 32.2. The van der Waals surface area contributed by atoms with Gasteiger partial charge < -0.3 is 5.32 Å². The normalized spacial score (nSPS) is 15.6. The Balaban J connectivity index is 1.87. The third-order valence-electron chi connectivity index (χ3n) is 4.98. The zero-order chi connectivity index (χ0) is 23.0. The number of amides is 2. The molecular weight excluding hydrogens is 436 g/mol. The summed E-state index contributed by atoms with van der Waals surface area (Å²) in [4.78, 5) is 37.9. The largest absolute Gasteiger partial charge is 0.322 e. The van der Waals surface area contributed by atoms with Gasteiger partial charge in [-0.1, -0.05) is 30.3 Å². The van der Waals surface area contributed by atoms with E-state index in [9.17, 15) is 28.1 Å². The van der Waals surface area contributed by atoms with E-state index in [-0.39, 0.29) is 27.5 Å². The van der Waals surface area contributed by atoms with Gasteiger partial charge in [0.25, 0.3) is 17.5 Å². The van der Waals surface area contributed by atoms with Gasteiger partial charge in [-0.25, -0.2) is 13.6 Å². The van der Waals surface area contributed by atoms with Crippen molar-refractivity contribution < 1.29 is 22.9 Å². The summed E-state index contributed by atoms with van der Waals surface area (Å²) in [5, 5.41) is 18.8. The van der Waals surface area contributed by atoms with Crippen molar-refractivity contribution in [1.29, 1.82) is 0 Å². The van der Waals surface area contributed by atoms with E-state index in [2.05, 4.69) is 5.32 Å². The molecule has 11 heteroatoms. The fourth-order valence-electron chi connectivity index (χ4n) is 3.49. The van der Waals surface area contributed by atoms with Crippen LogP contribution in [0.15, 0.2) is 77.7 Å². The Labute approximate surface area is 182 Å². The number of nitro groups is 1. The zero-order valence-electron chi connectivity index (χ0n) is 16.3. The number of anilines is 2. The monoisotopic (exact) mass is 452 g/mol. The van der Waals surface area contributed by atoms with Gasteiger partial charge in [-0.05, 0) is 35.9 Å². The second-order valence-electron chi connectivity index (χ2n) is 7.01. The van der Waals surface area contributed by atoms with Crippen molar-refractivity contribution in [1.82, 2.24) is 0 Å². The first-order valence-electron chi connectivity index (χ1n) is 9.27. The molecule has 0 fully saturated rings. The van der Waals surface area contributed by atoms with Crippen LogP contribution in [0.2, 0.25) is 0 Å². The van der Waals surface area contributed by atoms with Crippen molar-refractivity contribution in [3.63, 3.8) is 0 Å². The number of nitrogens with two attached hydrogens (primary N) is 1. The number of non-ortho nitro benzene ring substituents is 1. The molecule has 0 radical (unpaired) electrons. The lowest BCUT2D eigenvalue weighted by Crippen LogP contribution is -2.45. The lowest BCUT2D eigenvalue weighted by Gasteiger charge is -2.37. The maximum Gasteiger partial charge on any atom is 0.269 e. The van der Waals surface area contributed by atoms with Crippen LogP contribution in [-0.2, 0) is 14.8 Å². The van der Waals surface area contributed by atoms with Gasteiger partial charge in [0.1, 0.15) is 6.04 Å². The molecule has 3 N–H and O–H groups in total. The molecule has 0 saturated heterocycles. The van der Waals surface area contributed by atoms with Crippen molar-refractivity contribution >= 4 is 38.9 Å². The molecule has 2 amide bonds. The highest BCUT2D eigenvalue weighted by molar-refractivity contribution is 7.89. The molecule has 1 unspecified atom stereocenters. The fraction of sp³-hybridized carbons (Fsp3) is 0.0476. The summed E-state index contributed by atoms with van der Waals surface area (Å²) in [6.45, 7) is 0. The first-order valence-corrected chi connectivity index (χ1v) is 10.8. The number of nitro benzene ring substituents is 1. The van der Waals surface area contributed by atoms with Gasteiger partial charge in [-0.2, -0.15) is 0 Å². The van der Waals surface area contributed by atoms with E-state index < -0.39 is 32.8 Å². The molecule has 1 aliphatic heterocycles. The number of carbonyl (C=O) groups is 2. The van der Waals surface area contributed by atoms with Gasteiger partial charge in [0.15, 0.2) is 0 Å². The molecule has 32 heavy (non-hydrogen) atoms. The molecule has 0 spiro atoms. The highest BCUT2D eigenvalue weighted by Crippen LogP contribution is 2.40. The summed E-state index contributed by atoms with van der Waals surface area (Å²) in [7, 11) is -4.04. The van der Waals surface area contributed by atoms with Crippen molar-refractivity contribution in [3.05, 3.63) is 94.0 Å². The molecule has 0 aromatic heterocycles. The Kier molecular flexibility index (Phi) is 5.20. The Morgan fingerprint density at radius 3 is 2.28 bits per heavy atom. The van der Waals surface area contributed by atoms with E-state index in [1.54, 1.807) is 30.3 Å². The first-order chi connectivity index (χ1) is 15.2. The minimum Gasteiger partial charge on any atom is -0.322 e. The topological polar surface area (TPSA) is 153 Å². The van der Waals surface area contributed by atoms with Crippen molar-refractivity contribution in [3.8, 4) is 0 Å². The number of nitrogens with zero attached hydrogens (tertiary/aromatic N) is 2. The van der Waals surface area contributed by atoms with Gasteiger partial charge in [0, 0.05) is 17.7 Å². The number of primary sulfonamides is 1. The maximum atomic E-state index is 13.5. The summed E-state index contributed by atoms with van der Waals surface area (Å²) in [6, 6.07) is 16.3. The second-order valence-corrected chi connectivity index (χ2v) is 8.57. The molecule has 0 saturated carbocycles. The van der Waals surface area contributed by atoms with Crippen molar-refractivity contribution in [2.45, 2.75) is 10.9 Å². The number of rotatable bonds is 4. The van der Waals surface area contributed by atoms with E-state index in [1.165, 1.54) is 47.4 Å². The molecule has 162 valence electrons. The highest BCUT2D eigenvalue weighted by Gasteiger charge is 2.39. The van der Waals surface area contributed by atoms with Gasteiger partial charge >= 0.3 is 0 Å². The van der Waals surface area contributed by atoms with Crippen LogP contribution in [0.4, 0.5) is 17.1 Å². The van der Waals surface area contributed by atoms with Crippen LogP contribution in [0.5, 0.6) is 0 Å². The van der Waals surface area contributed by atoms with E-state index in [1.807, 2.05) is 0 Å². The van der Waals surface area contributed by atoms with Crippen molar-refractivity contribution in [2.24, 2.45) is 5.14 Å². The third-order valence-corrected chi connectivity index (χ3v) is 5.89. The second kappa shape index (κ2) is 7.87. The van der Waals surface area contributed by atoms with Crippen LogP contribution in [-0.4, -0.2) is 25.2 Å². The number of nitrogens with one attached hydrogen (secondary N) is 1. The van der Waals surface area contributed by atoms with Crippen LogP contribution in [0.3, 0.4) is 0 Å². The third kappa shape index (κ3) is 3.82. The Hall–Kier alpha value is -4.09. The maximum absolute atomic E-state index is 13.5. The van der Waals surface area contributed by atoms with Crippen LogP contribution in [0.25, 0.3) is 0 Å². The summed E-state index contributed by atoms with van der Waals surface area (Å²) in [5.74, 6) is -1.14. The molecule has 10 nitrogen and oxygen atoms in total. The molecule has 3 aromatic rings. The molecule has 1 aliphatic rings. The summed E-state index contributed by atoms with van der Waals surface area (Å²) >= 11 is 0. The van der Waals surface area contributed by atoms with Gasteiger partial charge in [0.05, 0.1) is 21.2 Å². The summed E-state index contributed by atoms with van der Waals surface area (Å²) < 4.78 is 23.5. The molecular formula is C21H16N4O6S. The van der Waals surface area contributed by atoms with Gasteiger partial charge in [-0.3, -0.25) is 24.6 Å². The van der Waals surface area contributed by atoms with Crippen LogP contribution >= 0.6 is 0 Å². The number of hydrogen-bond acceptors (Lipinski definition) is 6. The number of fused-ring (bicyclic) bond motifs is 1. The number of benzene rings is 3. The molecule has 1 atom stereocenters. The number of sulfonamides is 1. The van der Waals surface area contributed by atoms with E-state index >= 15 is 0 Å². The Morgan fingerprint density at radius 1 is 1.03 bits per heavy atom. The molecule has 0 bridgehead atoms. The summed E-state index contributed by atoms with van der Waals surface area (Å²) in [5.41, 5.74) is 0.822. The average Bonchev–Trinajstić information content (AvgIpc) is 2.77. The molecule has 4 rings (SSSR count). The summed E-state index contributed by atoms with van der Waals surface area (Å²) in [6.07, 6.45) is 0. The number of hydrogen-bond donors (Lipinski definition) is 2. The predicted octanol–water partition coefficient (Wildman–Crippen LogP) is 2.58. The molecule has 0 aliphatic carbocycles. The minimum absolute atomic E-state index is 0.101. The van der Waals surface area contributed by atoms with Crippen molar-refractivity contribution in [2.75, 3.05) is 10.2 Å². The average molecular weight is 452 g/mol. The molecule has 1 heterocycles.